The Bertz CT molecular complexity index is 1010. The molecule has 1 fully saturated rings. The summed E-state index contributed by atoms with van der Waals surface area (Å²) in [7, 11) is 2.17. The predicted molar refractivity (Wildman–Crippen MR) is 144 cm³/mol. The average Bonchev–Trinajstić information content (AvgIpc) is 2.86. The molecule has 3 nitrogen and oxygen atoms in total. The molecule has 0 bridgehead atoms. The number of rotatable bonds is 10. The lowest BCUT2D eigenvalue weighted by molar-refractivity contribution is 0.136. The molecule has 0 amide bonds. The molecule has 0 spiro atoms. The van der Waals surface area contributed by atoms with E-state index in [4.69, 9.17) is 16.3 Å². The molecule has 1 aliphatic rings. The van der Waals surface area contributed by atoms with E-state index in [9.17, 15) is 0 Å². The number of anilines is 1. The Labute approximate surface area is 210 Å². The first-order chi connectivity index (χ1) is 16.6. The van der Waals surface area contributed by atoms with E-state index in [2.05, 4.69) is 84.4 Å². The van der Waals surface area contributed by atoms with Crippen LogP contribution in [0.3, 0.4) is 0 Å². The van der Waals surface area contributed by atoms with Crippen LogP contribution in [0.4, 0.5) is 5.69 Å². The van der Waals surface area contributed by atoms with Gasteiger partial charge >= 0.3 is 0 Å². The predicted octanol–water partition coefficient (Wildman–Crippen LogP) is 7.07. The van der Waals surface area contributed by atoms with Crippen LogP contribution in [-0.4, -0.2) is 38.2 Å². The van der Waals surface area contributed by atoms with E-state index in [1.165, 1.54) is 41.6 Å². The van der Waals surface area contributed by atoms with E-state index in [1.807, 2.05) is 12.1 Å². The van der Waals surface area contributed by atoms with Crippen LogP contribution in [0.5, 0.6) is 5.75 Å². The van der Waals surface area contributed by atoms with Crippen molar-refractivity contribution in [2.45, 2.75) is 39.2 Å². The molecular weight excluding hydrogens is 440 g/mol. The van der Waals surface area contributed by atoms with Crippen molar-refractivity contribution in [1.82, 2.24) is 4.90 Å². The summed E-state index contributed by atoms with van der Waals surface area (Å²) in [6.45, 7) is 7.44. The maximum Gasteiger partial charge on any atom is 0.119 e. The van der Waals surface area contributed by atoms with Gasteiger partial charge in [0.25, 0.3) is 0 Å². The molecule has 3 aromatic carbocycles. The highest BCUT2D eigenvalue weighted by Gasteiger charge is 2.20. The molecular formula is C30H37ClN2O. The van der Waals surface area contributed by atoms with Crippen molar-refractivity contribution < 1.29 is 4.74 Å². The van der Waals surface area contributed by atoms with Gasteiger partial charge in [0.05, 0.1) is 6.61 Å². The number of likely N-dealkylation sites (tertiary alicyclic amines) is 1. The molecule has 0 radical (unpaired) electrons. The molecule has 1 heterocycles. The SMILES string of the molecule is CCCN(C)c1ccc(CN2CCC(COc3cccc(Cc4ccc(Cl)cc4)c3)CC2)cc1. The van der Waals surface area contributed by atoms with E-state index in [1.54, 1.807) is 0 Å². The van der Waals surface area contributed by atoms with Crippen molar-refractivity contribution in [1.29, 1.82) is 0 Å². The van der Waals surface area contributed by atoms with Crippen LogP contribution >= 0.6 is 11.6 Å². The second kappa shape index (κ2) is 12.3. The highest BCUT2D eigenvalue weighted by molar-refractivity contribution is 6.30. The van der Waals surface area contributed by atoms with Crippen molar-refractivity contribution in [3.05, 3.63) is 94.5 Å². The molecule has 4 heteroatoms. The Morgan fingerprint density at radius 2 is 1.62 bits per heavy atom. The molecule has 4 rings (SSSR count). The van der Waals surface area contributed by atoms with Crippen molar-refractivity contribution in [2.24, 2.45) is 5.92 Å². The molecule has 0 N–H and O–H groups in total. The molecule has 0 saturated carbocycles. The fourth-order valence-electron chi connectivity index (χ4n) is 4.69. The normalized spacial score (nSPS) is 14.8. The summed E-state index contributed by atoms with van der Waals surface area (Å²) < 4.78 is 6.21. The third kappa shape index (κ3) is 7.25. The smallest absolute Gasteiger partial charge is 0.119 e. The topological polar surface area (TPSA) is 15.7 Å². The molecule has 1 saturated heterocycles. The van der Waals surface area contributed by atoms with Crippen molar-refractivity contribution in [3.8, 4) is 5.75 Å². The highest BCUT2D eigenvalue weighted by Crippen LogP contribution is 2.23. The van der Waals surface area contributed by atoms with E-state index in [-0.39, 0.29) is 0 Å². The highest BCUT2D eigenvalue weighted by atomic mass is 35.5. The lowest BCUT2D eigenvalue weighted by Gasteiger charge is -2.32. The fourth-order valence-corrected chi connectivity index (χ4v) is 4.81. The minimum Gasteiger partial charge on any atom is -0.493 e. The van der Waals surface area contributed by atoms with Crippen LogP contribution in [0.25, 0.3) is 0 Å². The molecule has 0 aromatic heterocycles. The largest absolute Gasteiger partial charge is 0.493 e. The molecule has 1 aliphatic heterocycles. The van der Waals surface area contributed by atoms with Crippen molar-refractivity contribution in [2.75, 3.05) is 38.2 Å². The lowest BCUT2D eigenvalue weighted by Crippen LogP contribution is -2.35. The summed E-state index contributed by atoms with van der Waals surface area (Å²) in [5.41, 5.74) is 5.23. The van der Waals surface area contributed by atoms with Gasteiger partial charge < -0.3 is 9.64 Å². The number of hydrogen-bond donors (Lipinski definition) is 0. The van der Waals surface area contributed by atoms with Gasteiger partial charge in [0.2, 0.25) is 0 Å². The zero-order valence-electron chi connectivity index (χ0n) is 20.6. The lowest BCUT2D eigenvalue weighted by atomic mass is 9.97. The summed E-state index contributed by atoms with van der Waals surface area (Å²) in [4.78, 5) is 4.90. The van der Waals surface area contributed by atoms with Gasteiger partial charge in [0.1, 0.15) is 5.75 Å². The maximum atomic E-state index is 6.21. The summed E-state index contributed by atoms with van der Waals surface area (Å²) in [5.74, 6) is 1.60. The van der Waals surface area contributed by atoms with Crippen LogP contribution in [0, 0.1) is 5.92 Å². The minimum atomic E-state index is 0.626. The number of halogens is 1. The van der Waals surface area contributed by atoms with Gasteiger partial charge in [-0.15, -0.1) is 0 Å². The molecule has 0 unspecified atom stereocenters. The number of ether oxygens (including phenoxy) is 1. The van der Waals surface area contributed by atoms with E-state index >= 15 is 0 Å². The van der Waals surface area contributed by atoms with E-state index < -0.39 is 0 Å². The minimum absolute atomic E-state index is 0.626. The first kappa shape index (κ1) is 24.6. The first-order valence-corrected chi connectivity index (χ1v) is 13.0. The summed E-state index contributed by atoms with van der Waals surface area (Å²) in [6, 6.07) is 25.7. The Morgan fingerprint density at radius 3 is 2.32 bits per heavy atom. The number of nitrogens with zero attached hydrogens (tertiary/aromatic N) is 2. The second-order valence-electron chi connectivity index (χ2n) is 9.57. The maximum absolute atomic E-state index is 6.21. The Hall–Kier alpha value is -2.49. The van der Waals surface area contributed by atoms with E-state index in [0.717, 1.165) is 50.0 Å². The van der Waals surface area contributed by atoms with Gasteiger partial charge in [0.15, 0.2) is 0 Å². The zero-order chi connectivity index (χ0) is 23.8. The third-order valence-corrected chi connectivity index (χ3v) is 7.01. The molecule has 3 aromatic rings. The third-order valence-electron chi connectivity index (χ3n) is 6.76. The van der Waals surface area contributed by atoms with Crippen molar-refractivity contribution in [3.63, 3.8) is 0 Å². The van der Waals surface area contributed by atoms with Crippen LogP contribution < -0.4 is 9.64 Å². The van der Waals surface area contributed by atoms with Gasteiger partial charge in [-0.05, 0) is 97.8 Å². The monoisotopic (exact) mass is 476 g/mol. The van der Waals surface area contributed by atoms with Gasteiger partial charge in [0, 0.05) is 30.8 Å². The van der Waals surface area contributed by atoms with E-state index in [0.29, 0.717) is 5.92 Å². The van der Waals surface area contributed by atoms with Gasteiger partial charge in [-0.1, -0.05) is 54.9 Å². The first-order valence-electron chi connectivity index (χ1n) is 12.6. The molecule has 180 valence electrons. The van der Waals surface area contributed by atoms with Crippen LogP contribution in [0.15, 0.2) is 72.8 Å². The van der Waals surface area contributed by atoms with Crippen LogP contribution in [-0.2, 0) is 13.0 Å². The Balaban J connectivity index is 1.20. The number of hydrogen-bond acceptors (Lipinski definition) is 3. The fraction of sp³-hybridized carbons (Fsp3) is 0.400. The molecule has 0 aliphatic carbocycles. The molecule has 34 heavy (non-hydrogen) atoms. The standard InChI is InChI=1S/C30H37ClN2O/c1-3-17-32(2)29-13-9-25(10-14-29)22-33-18-15-26(16-19-33)23-34-30-6-4-5-27(21-30)20-24-7-11-28(31)12-8-24/h4-14,21,26H,3,15-20,22-23H2,1-2H3. The van der Waals surface area contributed by atoms with Gasteiger partial charge in [-0.25, -0.2) is 0 Å². The Morgan fingerprint density at radius 1 is 0.912 bits per heavy atom. The Kier molecular flexibility index (Phi) is 8.90. The van der Waals surface area contributed by atoms with Gasteiger partial charge in [-0.2, -0.15) is 0 Å². The summed E-state index contributed by atoms with van der Waals surface area (Å²) in [6.07, 6.45) is 4.46. The van der Waals surface area contributed by atoms with Crippen molar-refractivity contribution >= 4 is 17.3 Å². The zero-order valence-corrected chi connectivity index (χ0v) is 21.3. The van der Waals surface area contributed by atoms with Crippen LogP contribution in [0.1, 0.15) is 42.9 Å². The second-order valence-corrected chi connectivity index (χ2v) is 10.0. The molecule has 0 atom stereocenters. The summed E-state index contributed by atoms with van der Waals surface area (Å²) >= 11 is 6.01. The average molecular weight is 477 g/mol. The summed E-state index contributed by atoms with van der Waals surface area (Å²) in [5, 5.41) is 0.778. The quantitative estimate of drug-likeness (QED) is 0.311. The van der Waals surface area contributed by atoms with Gasteiger partial charge in [-0.3, -0.25) is 4.90 Å². The number of benzene rings is 3. The van der Waals surface area contributed by atoms with Crippen LogP contribution in [0.2, 0.25) is 5.02 Å². The number of piperidine rings is 1.